The Labute approximate surface area is 99.1 Å². The maximum atomic E-state index is 12.4. The van der Waals surface area contributed by atoms with E-state index in [0.29, 0.717) is 6.61 Å². The highest BCUT2D eigenvalue weighted by molar-refractivity contribution is 7.61. The van der Waals surface area contributed by atoms with E-state index in [1.165, 1.54) is 0 Å². The molecule has 0 fully saturated rings. The van der Waals surface area contributed by atoms with Gasteiger partial charge in [0.2, 0.25) is 0 Å². The number of rotatable bonds is 7. The standard InChI is InChI=1S/C11H23N2O2P/c1-6-7-8-15-16(14,9-12)13(10(2)3)11(4)5/h10-11H,6-8H2,1-5H3. The second kappa shape index (κ2) is 7.06. The van der Waals surface area contributed by atoms with Crippen LogP contribution in [0.3, 0.4) is 0 Å². The Morgan fingerprint density at radius 2 is 1.81 bits per heavy atom. The Morgan fingerprint density at radius 1 is 1.31 bits per heavy atom. The molecule has 0 radical (unpaired) electrons. The summed E-state index contributed by atoms with van der Waals surface area (Å²) in [6.45, 7) is 10.1. The van der Waals surface area contributed by atoms with Crippen LogP contribution in [0, 0.1) is 11.1 Å². The first-order valence-electron chi connectivity index (χ1n) is 5.83. The Hall–Kier alpha value is -0.360. The minimum Gasteiger partial charge on any atom is -0.307 e. The van der Waals surface area contributed by atoms with Crippen molar-refractivity contribution in [1.82, 2.24) is 4.67 Å². The highest BCUT2D eigenvalue weighted by atomic mass is 31.2. The molecule has 16 heavy (non-hydrogen) atoms. The predicted molar refractivity (Wildman–Crippen MR) is 66.2 cm³/mol. The van der Waals surface area contributed by atoms with Crippen molar-refractivity contribution < 1.29 is 9.09 Å². The summed E-state index contributed by atoms with van der Waals surface area (Å²) >= 11 is 0. The molecule has 94 valence electrons. The lowest BCUT2D eigenvalue weighted by Crippen LogP contribution is -2.34. The lowest BCUT2D eigenvalue weighted by atomic mass is 10.3. The fourth-order valence-electron chi connectivity index (χ4n) is 1.68. The molecule has 0 bridgehead atoms. The maximum Gasteiger partial charge on any atom is 0.371 e. The van der Waals surface area contributed by atoms with Gasteiger partial charge in [-0.2, -0.15) is 5.26 Å². The molecular weight excluding hydrogens is 223 g/mol. The summed E-state index contributed by atoms with van der Waals surface area (Å²) in [6, 6.07) is 0.0687. The molecule has 0 aliphatic carbocycles. The van der Waals surface area contributed by atoms with Gasteiger partial charge in [0.15, 0.2) is 5.81 Å². The van der Waals surface area contributed by atoms with E-state index in [1.54, 1.807) is 4.67 Å². The lowest BCUT2D eigenvalue weighted by Gasteiger charge is -2.32. The molecule has 0 aliphatic rings. The van der Waals surface area contributed by atoms with E-state index in [2.05, 4.69) is 0 Å². The monoisotopic (exact) mass is 246 g/mol. The van der Waals surface area contributed by atoms with Crippen molar-refractivity contribution in [3.8, 4) is 5.81 Å². The summed E-state index contributed by atoms with van der Waals surface area (Å²) in [4.78, 5) is 0. The van der Waals surface area contributed by atoms with Gasteiger partial charge in [-0.15, -0.1) is 0 Å². The molecule has 0 rings (SSSR count). The van der Waals surface area contributed by atoms with Crippen LogP contribution in [0.2, 0.25) is 0 Å². The Morgan fingerprint density at radius 3 is 2.12 bits per heavy atom. The van der Waals surface area contributed by atoms with Crippen LogP contribution < -0.4 is 0 Å². The molecule has 0 aliphatic heterocycles. The van der Waals surface area contributed by atoms with Gasteiger partial charge in [-0.3, -0.25) is 4.57 Å². The van der Waals surface area contributed by atoms with E-state index in [1.807, 2.05) is 40.4 Å². The average Bonchev–Trinajstić information content (AvgIpc) is 2.17. The van der Waals surface area contributed by atoms with Gasteiger partial charge in [-0.05, 0) is 34.1 Å². The van der Waals surface area contributed by atoms with Crippen LogP contribution in [-0.4, -0.2) is 23.4 Å². The van der Waals surface area contributed by atoms with Gasteiger partial charge in [-0.1, -0.05) is 13.3 Å². The minimum absolute atomic E-state index is 0.0344. The van der Waals surface area contributed by atoms with Crippen LogP contribution in [0.25, 0.3) is 0 Å². The van der Waals surface area contributed by atoms with E-state index in [9.17, 15) is 4.57 Å². The summed E-state index contributed by atoms with van der Waals surface area (Å²) < 4.78 is 19.4. The third kappa shape index (κ3) is 4.25. The number of hydrogen-bond acceptors (Lipinski definition) is 3. The Balaban J connectivity index is 4.77. The third-order valence-electron chi connectivity index (χ3n) is 2.25. The number of unbranched alkanes of at least 4 members (excludes halogenated alkanes) is 1. The first-order valence-corrected chi connectivity index (χ1v) is 7.41. The molecule has 0 aromatic rings. The van der Waals surface area contributed by atoms with Crippen molar-refractivity contribution in [2.45, 2.75) is 59.5 Å². The number of hydrogen-bond donors (Lipinski definition) is 0. The van der Waals surface area contributed by atoms with Gasteiger partial charge in [-0.25, -0.2) is 4.67 Å². The fourth-order valence-corrected chi connectivity index (χ4v) is 3.57. The molecule has 4 nitrogen and oxygen atoms in total. The highest BCUT2D eigenvalue weighted by Gasteiger charge is 2.35. The second-order valence-corrected chi connectivity index (χ2v) is 6.34. The molecule has 0 amide bonds. The van der Waals surface area contributed by atoms with Crippen molar-refractivity contribution in [2.75, 3.05) is 6.61 Å². The van der Waals surface area contributed by atoms with E-state index in [0.717, 1.165) is 12.8 Å². The first-order chi connectivity index (χ1) is 7.39. The van der Waals surface area contributed by atoms with E-state index in [4.69, 9.17) is 9.79 Å². The van der Waals surface area contributed by atoms with E-state index < -0.39 is 7.52 Å². The maximum absolute atomic E-state index is 12.4. The lowest BCUT2D eigenvalue weighted by molar-refractivity contribution is 0.221. The molecule has 1 unspecified atom stereocenters. The largest absolute Gasteiger partial charge is 0.371 e. The molecule has 0 aromatic heterocycles. The van der Waals surface area contributed by atoms with Crippen LogP contribution in [0.15, 0.2) is 0 Å². The topological polar surface area (TPSA) is 53.3 Å². The summed E-state index contributed by atoms with van der Waals surface area (Å²) in [5.74, 6) is 1.86. The van der Waals surface area contributed by atoms with Crippen LogP contribution in [-0.2, 0) is 9.09 Å². The third-order valence-corrected chi connectivity index (χ3v) is 4.57. The normalized spacial score (nSPS) is 15.4. The first kappa shape index (κ1) is 15.6. The van der Waals surface area contributed by atoms with E-state index in [-0.39, 0.29) is 12.1 Å². The summed E-state index contributed by atoms with van der Waals surface area (Å²) in [5.41, 5.74) is 0. The molecule has 0 spiro atoms. The predicted octanol–water partition coefficient (Wildman–Crippen LogP) is 3.60. The molecule has 0 N–H and O–H groups in total. The zero-order valence-corrected chi connectivity index (χ0v) is 11.8. The van der Waals surface area contributed by atoms with Crippen molar-refractivity contribution in [1.29, 1.82) is 5.26 Å². The number of nitrogens with zero attached hydrogens (tertiary/aromatic N) is 2. The smallest absolute Gasteiger partial charge is 0.307 e. The van der Waals surface area contributed by atoms with Crippen LogP contribution in [0.1, 0.15) is 47.5 Å². The van der Waals surface area contributed by atoms with Crippen molar-refractivity contribution in [3.63, 3.8) is 0 Å². The van der Waals surface area contributed by atoms with Crippen molar-refractivity contribution >= 4 is 7.52 Å². The Kier molecular flexibility index (Phi) is 6.90. The summed E-state index contributed by atoms with van der Waals surface area (Å²) in [7, 11) is -3.31. The van der Waals surface area contributed by atoms with Gasteiger partial charge in [0.1, 0.15) is 0 Å². The van der Waals surface area contributed by atoms with Crippen molar-refractivity contribution in [2.24, 2.45) is 0 Å². The second-order valence-electron chi connectivity index (χ2n) is 4.37. The zero-order valence-electron chi connectivity index (χ0n) is 10.9. The van der Waals surface area contributed by atoms with Crippen LogP contribution >= 0.6 is 7.52 Å². The van der Waals surface area contributed by atoms with Gasteiger partial charge in [0, 0.05) is 12.1 Å². The summed E-state index contributed by atoms with van der Waals surface area (Å²) in [5, 5.41) is 9.07. The van der Waals surface area contributed by atoms with Gasteiger partial charge in [0.25, 0.3) is 0 Å². The van der Waals surface area contributed by atoms with Crippen LogP contribution in [0.5, 0.6) is 0 Å². The highest BCUT2D eigenvalue weighted by Crippen LogP contribution is 2.52. The molecule has 0 aromatic carbocycles. The van der Waals surface area contributed by atoms with E-state index >= 15 is 0 Å². The Bertz CT molecular complexity index is 276. The molecular formula is C11H23N2O2P. The van der Waals surface area contributed by atoms with Crippen LogP contribution in [0.4, 0.5) is 0 Å². The van der Waals surface area contributed by atoms with Gasteiger partial charge in [0.05, 0.1) is 6.61 Å². The molecule has 1 atom stereocenters. The summed E-state index contributed by atoms with van der Waals surface area (Å²) in [6.07, 6.45) is 1.80. The molecule has 0 saturated carbocycles. The average molecular weight is 246 g/mol. The molecule has 5 heteroatoms. The minimum atomic E-state index is -3.31. The SMILES string of the molecule is CCCCOP(=O)(C#N)N(C(C)C)C(C)C. The molecule has 0 heterocycles. The fraction of sp³-hybridized carbons (Fsp3) is 0.909. The zero-order chi connectivity index (χ0) is 12.8. The quantitative estimate of drug-likeness (QED) is 0.508. The van der Waals surface area contributed by atoms with Gasteiger partial charge < -0.3 is 4.52 Å². The number of nitriles is 1. The van der Waals surface area contributed by atoms with Crippen molar-refractivity contribution in [3.05, 3.63) is 0 Å². The van der Waals surface area contributed by atoms with Gasteiger partial charge >= 0.3 is 7.52 Å². The molecule has 0 saturated heterocycles.